The quantitative estimate of drug-likeness (QED) is 0.116. The highest BCUT2D eigenvalue weighted by molar-refractivity contribution is 7.07. The van der Waals surface area contributed by atoms with Crippen LogP contribution in [0.1, 0.15) is 50.4 Å². The molecule has 0 saturated heterocycles. The van der Waals surface area contributed by atoms with Crippen molar-refractivity contribution in [2.75, 3.05) is 33.5 Å². The first-order valence-electron chi connectivity index (χ1n) is 17.4. The van der Waals surface area contributed by atoms with E-state index >= 15 is 0 Å². The van der Waals surface area contributed by atoms with Crippen molar-refractivity contribution in [2.24, 2.45) is 4.99 Å². The summed E-state index contributed by atoms with van der Waals surface area (Å²) in [4.78, 5) is 44.7. The van der Waals surface area contributed by atoms with Crippen LogP contribution in [0.15, 0.2) is 93.9 Å². The van der Waals surface area contributed by atoms with Crippen LogP contribution in [0.3, 0.4) is 0 Å². The van der Waals surface area contributed by atoms with Crippen LogP contribution in [0, 0.1) is 0 Å². The zero-order valence-corrected chi connectivity index (χ0v) is 32.0. The first-order valence-corrected chi connectivity index (χ1v) is 18.6. The lowest BCUT2D eigenvalue weighted by Crippen LogP contribution is -2.40. The highest BCUT2D eigenvalue weighted by Crippen LogP contribution is 2.39. The van der Waals surface area contributed by atoms with Gasteiger partial charge in [-0.2, -0.15) is 0 Å². The van der Waals surface area contributed by atoms with Crippen LogP contribution in [-0.4, -0.2) is 50.0 Å². The van der Waals surface area contributed by atoms with Crippen LogP contribution in [0.4, 0.5) is 0 Å². The largest absolute Gasteiger partial charge is 0.490 e. The molecule has 54 heavy (non-hydrogen) atoms. The third-order valence-electron chi connectivity index (χ3n) is 8.55. The van der Waals surface area contributed by atoms with Gasteiger partial charge in [-0.1, -0.05) is 71.5 Å². The summed E-state index contributed by atoms with van der Waals surface area (Å²) in [7, 11) is 1.27. The molecule has 5 aromatic rings. The van der Waals surface area contributed by atoms with Gasteiger partial charge >= 0.3 is 11.9 Å². The lowest BCUT2D eigenvalue weighted by molar-refractivity contribution is -0.143. The maximum atomic E-state index is 14.4. The smallest absolute Gasteiger partial charge is 0.343 e. The second-order valence-corrected chi connectivity index (χ2v) is 13.4. The van der Waals surface area contributed by atoms with Gasteiger partial charge in [0, 0.05) is 0 Å². The molecule has 6 rings (SSSR count). The van der Waals surface area contributed by atoms with Crippen molar-refractivity contribution in [3.05, 3.63) is 125 Å². The Labute approximate surface area is 320 Å². The molecule has 0 bridgehead atoms. The molecule has 4 aromatic carbocycles. The molecular formula is C41H39ClN2O9S. The van der Waals surface area contributed by atoms with Crippen molar-refractivity contribution in [3.63, 3.8) is 0 Å². The molecular weight excluding hydrogens is 732 g/mol. The van der Waals surface area contributed by atoms with E-state index in [4.69, 9.17) is 40.0 Å². The Morgan fingerprint density at radius 3 is 2.41 bits per heavy atom. The molecule has 1 aromatic heterocycles. The number of allylic oxidation sites excluding steroid dienone is 1. The number of thiazole rings is 1. The summed E-state index contributed by atoms with van der Waals surface area (Å²) in [5.74, 6) is 0.274. The van der Waals surface area contributed by atoms with Gasteiger partial charge in [0.05, 0.1) is 53.8 Å². The Morgan fingerprint density at radius 2 is 1.65 bits per heavy atom. The molecule has 1 aliphatic rings. The topological polar surface area (TPSA) is 124 Å². The number of halogens is 1. The maximum absolute atomic E-state index is 14.4. The average molecular weight is 771 g/mol. The van der Waals surface area contributed by atoms with Gasteiger partial charge in [0.15, 0.2) is 34.4 Å². The number of aromatic nitrogens is 1. The molecule has 0 unspecified atom stereocenters. The van der Waals surface area contributed by atoms with E-state index < -0.39 is 18.0 Å². The van der Waals surface area contributed by atoms with E-state index in [9.17, 15) is 14.4 Å². The summed E-state index contributed by atoms with van der Waals surface area (Å²) in [5, 5.41) is 2.50. The molecule has 0 radical (unpaired) electrons. The second kappa shape index (κ2) is 17.0. The number of ether oxygens (including phenoxy) is 6. The normalized spacial score (nSPS) is 14.0. The van der Waals surface area contributed by atoms with Gasteiger partial charge < -0.3 is 28.4 Å². The number of carbonyl (C=O) groups excluding carboxylic acids is 2. The predicted octanol–water partition coefficient (Wildman–Crippen LogP) is 6.53. The summed E-state index contributed by atoms with van der Waals surface area (Å²) in [6, 6.07) is 21.7. The van der Waals surface area contributed by atoms with Crippen LogP contribution < -0.4 is 33.8 Å². The van der Waals surface area contributed by atoms with Crippen LogP contribution in [0.2, 0.25) is 5.02 Å². The standard InChI is InChI=1S/C41H39ClN2O9S/c1-6-49-32-21-27(16-17-31(32)52-23-35(45)48-5)37-36(40(47)51-8-3)24(4)43-41-44(37)39(46)34(54-41)20-25-18-30(42)38(33(19-25)50-7-2)53-22-28-14-11-13-26-12-9-10-15-29(26)28/h9-21,37H,6-8,22-23H2,1-5H3/b34-20-/t37-/m1/s1. The number of hydrogen-bond acceptors (Lipinski definition) is 11. The van der Waals surface area contributed by atoms with E-state index in [2.05, 4.69) is 23.2 Å². The minimum atomic E-state index is -0.913. The number of nitrogens with zero attached hydrogens (tertiary/aromatic N) is 2. The van der Waals surface area contributed by atoms with Gasteiger partial charge in [0.2, 0.25) is 0 Å². The predicted molar refractivity (Wildman–Crippen MR) is 206 cm³/mol. The molecule has 0 spiro atoms. The number of rotatable bonds is 14. The van der Waals surface area contributed by atoms with Crippen molar-refractivity contribution in [1.82, 2.24) is 4.57 Å². The Hall–Kier alpha value is -5.59. The van der Waals surface area contributed by atoms with Crippen LogP contribution in [-0.2, 0) is 25.7 Å². The number of esters is 2. The van der Waals surface area contributed by atoms with Crippen LogP contribution in [0.25, 0.3) is 16.8 Å². The minimum Gasteiger partial charge on any atom is -0.490 e. The Bertz CT molecular complexity index is 2430. The monoisotopic (exact) mass is 770 g/mol. The first-order chi connectivity index (χ1) is 26.2. The van der Waals surface area contributed by atoms with Crippen LogP contribution in [0.5, 0.6) is 23.0 Å². The highest BCUT2D eigenvalue weighted by atomic mass is 35.5. The molecule has 13 heteroatoms. The molecule has 2 heterocycles. The van der Waals surface area contributed by atoms with Crippen molar-refractivity contribution >= 4 is 51.7 Å². The summed E-state index contributed by atoms with van der Waals surface area (Å²) in [5.41, 5.74) is 2.38. The van der Waals surface area contributed by atoms with Gasteiger partial charge in [-0.25, -0.2) is 14.6 Å². The first kappa shape index (κ1) is 38.1. The number of hydrogen-bond donors (Lipinski definition) is 0. The van der Waals surface area contributed by atoms with E-state index in [1.165, 1.54) is 23.0 Å². The van der Waals surface area contributed by atoms with E-state index in [1.54, 1.807) is 57.2 Å². The van der Waals surface area contributed by atoms with Crippen molar-refractivity contribution in [3.8, 4) is 23.0 Å². The van der Waals surface area contributed by atoms with Gasteiger partial charge in [0.25, 0.3) is 5.56 Å². The molecule has 1 atom stereocenters. The molecule has 0 amide bonds. The van der Waals surface area contributed by atoms with Gasteiger partial charge in [-0.3, -0.25) is 9.36 Å². The molecule has 0 fully saturated rings. The number of fused-ring (bicyclic) bond motifs is 2. The fourth-order valence-corrected chi connectivity index (χ4v) is 7.50. The van der Waals surface area contributed by atoms with Gasteiger partial charge in [0.1, 0.15) is 6.61 Å². The third-order valence-corrected chi connectivity index (χ3v) is 9.82. The summed E-state index contributed by atoms with van der Waals surface area (Å²) < 4.78 is 35.7. The van der Waals surface area contributed by atoms with E-state index in [-0.39, 0.29) is 31.0 Å². The molecule has 11 nitrogen and oxygen atoms in total. The second-order valence-electron chi connectivity index (χ2n) is 12.0. The highest BCUT2D eigenvalue weighted by Gasteiger charge is 2.34. The lowest BCUT2D eigenvalue weighted by Gasteiger charge is -2.25. The lowest BCUT2D eigenvalue weighted by atomic mass is 9.95. The minimum absolute atomic E-state index is 0.127. The maximum Gasteiger partial charge on any atom is 0.343 e. The SMILES string of the molecule is CCOC(=O)C1=C(C)N=c2s/c(=C\c3cc(Cl)c(OCc4cccc5ccccc45)c(OCC)c3)c(=O)n2[C@@H]1c1ccc(OCC(=O)OC)c(OCC)c1. The fraction of sp³-hybridized carbons (Fsp3) is 0.268. The van der Waals surface area contributed by atoms with E-state index in [0.717, 1.165) is 16.3 Å². The molecule has 0 N–H and O–H groups in total. The Morgan fingerprint density at radius 1 is 0.889 bits per heavy atom. The Kier molecular flexibility index (Phi) is 12.0. The summed E-state index contributed by atoms with van der Waals surface area (Å²) >= 11 is 8.01. The van der Waals surface area contributed by atoms with Gasteiger partial charge in [-0.15, -0.1) is 0 Å². The fourth-order valence-electron chi connectivity index (χ4n) is 6.18. The van der Waals surface area contributed by atoms with Gasteiger partial charge in [-0.05, 0) is 85.5 Å². The molecule has 280 valence electrons. The van der Waals surface area contributed by atoms with Crippen molar-refractivity contribution < 1.29 is 38.0 Å². The average Bonchev–Trinajstić information content (AvgIpc) is 3.46. The van der Waals surface area contributed by atoms with E-state index in [0.29, 0.717) is 67.4 Å². The molecule has 1 aliphatic heterocycles. The summed E-state index contributed by atoms with van der Waals surface area (Å²) in [6.07, 6.45) is 1.71. The number of methoxy groups -OCH3 is 1. The zero-order valence-electron chi connectivity index (χ0n) is 30.5. The number of benzene rings is 4. The molecule has 0 saturated carbocycles. The van der Waals surface area contributed by atoms with E-state index in [1.807, 2.05) is 31.2 Å². The third kappa shape index (κ3) is 7.99. The van der Waals surface area contributed by atoms with Crippen molar-refractivity contribution in [2.45, 2.75) is 40.3 Å². The van der Waals surface area contributed by atoms with Crippen molar-refractivity contribution in [1.29, 1.82) is 0 Å². The zero-order chi connectivity index (χ0) is 38.4. The Balaban J connectivity index is 1.41. The van der Waals surface area contributed by atoms with Crippen LogP contribution >= 0.6 is 22.9 Å². The molecule has 0 aliphatic carbocycles. The summed E-state index contributed by atoms with van der Waals surface area (Å²) in [6.45, 7) is 7.81. The number of carbonyl (C=O) groups is 2.